The zero-order valence-electron chi connectivity index (χ0n) is 21.7. The van der Waals surface area contributed by atoms with Crippen molar-refractivity contribution in [3.05, 3.63) is 128 Å². The van der Waals surface area contributed by atoms with Gasteiger partial charge in [0.05, 0.1) is 21.0 Å². The van der Waals surface area contributed by atoms with Gasteiger partial charge in [-0.3, -0.25) is 14.4 Å². The highest BCUT2D eigenvalue weighted by Crippen LogP contribution is 2.31. The van der Waals surface area contributed by atoms with Gasteiger partial charge in [0.2, 0.25) is 5.91 Å². The van der Waals surface area contributed by atoms with Crippen molar-refractivity contribution >= 4 is 86.1 Å². The van der Waals surface area contributed by atoms with Crippen molar-refractivity contribution in [1.29, 1.82) is 0 Å². The van der Waals surface area contributed by atoms with E-state index in [0.717, 1.165) is 14.9 Å². The molecular weight excluding hydrogens is 645 g/mol. The molecule has 0 spiro atoms. The lowest BCUT2D eigenvalue weighted by Crippen LogP contribution is -2.30. The Morgan fingerprint density at radius 3 is 2.27 bits per heavy atom. The number of hydrogen-bond acceptors (Lipinski definition) is 4. The molecule has 6 nitrogen and oxygen atoms in total. The van der Waals surface area contributed by atoms with Crippen LogP contribution < -0.4 is 16.0 Å². The van der Waals surface area contributed by atoms with E-state index in [9.17, 15) is 14.4 Å². The molecule has 208 valence electrons. The molecule has 10 heteroatoms. The van der Waals surface area contributed by atoms with Crippen LogP contribution in [0.1, 0.15) is 22.8 Å². The van der Waals surface area contributed by atoms with Gasteiger partial charge in [-0.1, -0.05) is 75.5 Å². The molecule has 4 rings (SSSR count). The number of hydrogen-bond donors (Lipinski definition) is 3. The van der Waals surface area contributed by atoms with Crippen LogP contribution in [0.4, 0.5) is 11.4 Å². The SMILES string of the molecule is CC(Sc1ccc(NC(=O)/C(=C/c2cccc(Br)c2)NC(=O)c2ccccc2)cc1)C(=O)Nc1cccc(Cl)c1Cl. The average molecular weight is 669 g/mol. The summed E-state index contributed by atoms with van der Waals surface area (Å²) in [6.07, 6.45) is 1.61. The van der Waals surface area contributed by atoms with Gasteiger partial charge in [-0.05, 0) is 79.2 Å². The standard InChI is InChI=1S/C31H24BrCl2N3O3S/c1-19(29(38)36-26-12-6-11-25(33)28(26)34)41-24-15-13-23(14-16-24)35-31(40)27(18-20-7-5-10-22(32)17-20)37-30(39)21-8-3-2-4-9-21/h2-19H,1H3,(H,35,40)(H,36,38)(H,37,39)/b27-18-. The molecule has 0 saturated heterocycles. The van der Waals surface area contributed by atoms with Crippen LogP contribution in [-0.2, 0) is 9.59 Å². The molecule has 1 atom stereocenters. The summed E-state index contributed by atoms with van der Waals surface area (Å²) in [6.45, 7) is 1.78. The Hall–Kier alpha value is -3.56. The quantitative estimate of drug-likeness (QED) is 0.124. The van der Waals surface area contributed by atoms with E-state index in [1.165, 1.54) is 11.8 Å². The van der Waals surface area contributed by atoms with Gasteiger partial charge in [-0.25, -0.2) is 0 Å². The molecule has 41 heavy (non-hydrogen) atoms. The van der Waals surface area contributed by atoms with Crippen molar-refractivity contribution in [2.45, 2.75) is 17.1 Å². The highest BCUT2D eigenvalue weighted by molar-refractivity contribution is 9.10. The highest BCUT2D eigenvalue weighted by atomic mass is 79.9. The summed E-state index contributed by atoms with van der Waals surface area (Å²) >= 11 is 17.0. The summed E-state index contributed by atoms with van der Waals surface area (Å²) in [7, 11) is 0. The zero-order valence-corrected chi connectivity index (χ0v) is 25.6. The van der Waals surface area contributed by atoms with Crippen LogP contribution in [0.15, 0.2) is 112 Å². The predicted octanol–water partition coefficient (Wildman–Crippen LogP) is 8.28. The number of nitrogens with one attached hydrogen (secondary N) is 3. The lowest BCUT2D eigenvalue weighted by molar-refractivity contribution is -0.115. The van der Waals surface area contributed by atoms with Gasteiger partial charge in [-0.15, -0.1) is 11.8 Å². The Morgan fingerprint density at radius 1 is 0.854 bits per heavy atom. The molecule has 0 bridgehead atoms. The third-order valence-electron chi connectivity index (χ3n) is 5.69. The molecule has 0 aromatic heterocycles. The van der Waals surface area contributed by atoms with Crippen LogP contribution in [0.25, 0.3) is 6.08 Å². The second kappa shape index (κ2) is 14.4. The van der Waals surface area contributed by atoms with Gasteiger partial charge in [-0.2, -0.15) is 0 Å². The van der Waals surface area contributed by atoms with Crippen LogP contribution >= 0.6 is 50.9 Å². The summed E-state index contributed by atoms with van der Waals surface area (Å²) in [5, 5.41) is 8.57. The van der Waals surface area contributed by atoms with Crippen molar-refractivity contribution < 1.29 is 14.4 Å². The van der Waals surface area contributed by atoms with E-state index in [1.54, 1.807) is 79.7 Å². The van der Waals surface area contributed by atoms with E-state index < -0.39 is 17.1 Å². The van der Waals surface area contributed by atoms with Crippen LogP contribution in [0, 0.1) is 0 Å². The number of anilines is 2. The van der Waals surface area contributed by atoms with Crippen LogP contribution in [0.2, 0.25) is 10.0 Å². The Labute approximate surface area is 260 Å². The number of halogens is 3. The Kier molecular flexibility index (Phi) is 10.7. The van der Waals surface area contributed by atoms with Gasteiger partial charge in [0, 0.05) is 20.6 Å². The van der Waals surface area contributed by atoms with Crippen molar-refractivity contribution in [1.82, 2.24) is 5.32 Å². The average Bonchev–Trinajstić information content (AvgIpc) is 2.96. The molecule has 4 aromatic rings. The van der Waals surface area contributed by atoms with E-state index in [2.05, 4.69) is 31.9 Å². The second-order valence-corrected chi connectivity index (χ2v) is 11.9. The molecule has 1 unspecified atom stereocenters. The minimum absolute atomic E-state index is 0.0837. The second-order valence-electron chi connectivity index (χ2n) is 8.76. The number of rotatable bonds is 9. The first kappa shape index (κ1) is 30.4. The van der Waals surface area contributed by atoms with Crippen molar-refractivity contribution in [2.24, 2.45) is 0 Å². The molecule has 0 aliphatic rings. The van der Waals surface area contributed by atoms with E-state index in [4.69, 9.17) is 23.2 Å². The van der Waals surface area contributed by atoms with Crippen LogP contribution in [-0.4, -0.2) is 23.0 Å². The van der Waals surface area contributed by atoms with E-state index in [1.807, 2.05) is 30.3 Å². The van der Waals surface area contributed by atoms with Crippen LogP contribution in [0.5, 0.6) is 0 Å². The fourth-order valence-corrected chi connectivity index (χ4v) is 5.25. The van der Waals surface area contributed by atoms with Crippen LogP contribution in [0.3, 0.4) is 0 Å². The smallest absolute Gasteiger partial charge is 0.272 e. The van der Waals surface area contributed by atoms with E-state index in [0.29, 0.717) is 22.0 Å². The fraction of sp³-hybridized carbons (Fsp3) is 0.0645. The summed E-state index contributed by atoms with van der Waals surface area (Å²) in [4.78, 5) is 39.6. The topological polar surface area (TPSA) is 87.3 Å². The first-order valence-corrected chi connectivity index (χ1v) is 14.8. The molecule has 4 aromatic carbocycles. The zero-order chi connectivity index (χ0) is 29.4. The number of thioether (sulfide) groups is 1. The van der Waals surface area contributed by atoms with E-state index >= 15 is 0 Å². The minimum Gasteiger partial charge on any atom is -0.324 e. The van der Waals surface area contributed by atoms with E-state index in [-0.39, 0.29) is 16.6 Å². The summed E-state index contributed by atoms with van der Waals surface area (Å²) in [5.41, 5.74) is 2.21. The monoisotopic (exact) mass is 667 g/mol. The highest BCUT2D eigenvalue weighted by Gasteiger charge is 2.18. The Bertz CT molecular complexity index is 1600. The number of benzene rings is 4. The molecule has 0 saturated carbocycles. The maximum atomic E-state index is 13.3. The molecule has 3 amide bonds. The van der Waals surface area contributed by atoms with Crippen molar-refractivity contribution in [3.8, 4) is 0 Å². The number of carbonyl (C=O) groups is 3. The van der Waals surface area contributed by atoms with Gasteiger partial charge >= 0.3 is 0 Å². The van der Waals surface area contributed by atoms with Crippen molar-refractivity contribution in [3.63, 3.8) is 0 Å². The lowest BCUT2D eigenvalue weighted by Gasteiger charge is -2.14. The third-order valence-corrected chi connectivity index (χ3v) is 8.12. The maximum Gasteiger partial charge on any atom is 0.272 e. The first-order valence-electron chi connectivity index (χ1n) is 12.4. The number of carbonyl (C=O) groups excluding carboxylic acids is 3. The molecule has 0 heterocycles. The largest absolute Gasteiger partial charge is 0.324 e. The summed E-state index contributed by atoms with van der Waals surface area (Å²) in [6, 6.07) is 28.1. The molecule has 0 radical (unpaired) electrons. The molecule has 0 fully saturated rings. The molecular formula is C31H24BrCl2N3O3S. The molecule has 3 N–H and O–H groups in total. The third kappa shape index (κ3) is 8.71. The molecule has 0 aliphatic heterocycles. The predicted molar refractivity (Wildman–Crippen MR) is 172 cm³/mol. The maximum absolute atomic E-state index is 13.3. The fourth-order valence-electron chi connectivity index (χ4n) is 3.61. The van der Waals surface area contributed by atoms with Gasteiger partial charge < -0.3 is 16.0 Å². The number of amides is 3. The minimum atomic E-state index is -0.485. The van der Waals surface area contributed by atoms with Gasteiger partial charge in [0.25, 0.3) is 11.8 Å². The summed E-state index contributed by atoms with van der Waals surface area (Å²) < 4.78 is 0.840. The normalized spacial score (nSPS) is 11.9. The van der Waals surface area contributed by atoms with Gasteiger partial charge in [0.1, 0.15) is 5.70 Å². The Balaban J connectivity index is 1.43. The van der Waals surface area contributed by atoms with Gasteiger partial charge in [0.15, 0.2) is 0 Å². The molecule has 0 aliphatic carbocycles. The Morgan fingerprint density at radius 2 is 1.56 bits per heavy atom. The lowest BCUT2D eigenvalue weighted by atomic mass is 10.1. The summed E-state index contributed by atoms with van der Waals surface area (Å²) in [5.74, 6) is -1.12. The van der Waals surface area contributed by atoms with Crippen molar-refractivity contribution in [2.75, 3.05) is 10.6 Å². The first-order chi connectivity index (χ1) is 19.7.